The maximum absolute atomic E-state index is 12.3. The summed E-state index contributed by atoms with van der Waals surface area (Å²) in [5.74, 6) is -1.98. The van der Waals surface area contributed by atoms with Gasteiger partial charge in [0.05, 0.1) is 0 Å². The van der Waals surface area contributed by atoms with Crippen LogP contribution in [-0.2, 0) is 4.79 Å². The molecule has 17 heavy (non-hydrogen) atoms. The largest absolute Gasteiger partial charge is 0.481 e. The van der Waals surface area contributed by atoms with Crippen LogP contribution in [0.4, 0.5) is 18.9 Å². The summed E-state index contributed by atoms with van der Waals surface area (Å²) in [5.41, 5.74) is 0.807. The molecule has 1 heterocycles. The van der Waals surface area contributed by atoms with Gasteiger partial charge in [-0.2, -0.15) is 13.2 Å². The van der Waals surface area contributed by atoms with Crippen LogP contribution in [0.1, 0.15) is 11.5 Å². The van der Waals surface area contributed by atoms with Gasteiger partial charge in [0.2, 0.25) is 0 Å². The summed E-state index contributed by atoms with van der Waals surface area (Å²) in [5, 5.41) is 8.97. The van der Waals surface area contributed by atoms with Crippen LogP contribution in [0, 0.1) is 0 Å². The molecular weight excluding hydrogens is 235 g/mol. The molecule has 92 valence electrons. The number of para-hydroxylation sites is 1. The van der Waals surface area contributed by atoms with Crippen LogP contribution in [0.3, 0.4) is 0 Å². The Morgan fingerprint density at radius 1 is 1.41 bits per heavy atom. The lowest BCUT2D eigenvalue weighted by atomic mass is 10.0. The van der Waals surface area contributed by atoms with Crippen LogP contribution in [-0.4, -0.2) is 30.3 Å². The molecule has 0 bridgehead atoms. The van der Waals surface area contributed by atoms with Crippen molar-refractivity contribution in [1.29, 1.82) is 0 Å². The van der Waals surface area contributed by atoms with Crippen molar-refractivity contribution in [2.75, 3.05) is 18.0 Å². The highest BCUT2D eigenvalue weighted by Gasteiger charge is 2.39. The Labute approximate surface area is 95.5 Å². The fraction of sp³-hybridized carbons (Fsp3) is 0.364. The highest BCUT2D eigenvalue weighted by atomic mass is 19.4. The maximum atomic E-state index is 12.3. The van der Waals surface area contributed by atoms with E-state index >= 15 is 0 Å². The van der Waals surface area contributed by atoms with E-state index in [-0.39, 0.29) is 6.54 Å². The smallest absolute Gasteiger partial charge is 0.405 e. The number of hydrogen-bond acceptors (Lipinski definition) is 2. The molecule has 6 heteroatoms. The first kappa shape index (κ1) is 11.8. The van der Waals surface area contributed by atoms with Crippen LogP contribution in [0.15, 0.2) is 24.3 Å². The van der Waals surface area contributed by atoms with Gasteiger partial charge in [-0.1, -0.05) is 18.2 Å². The van der Waals surface area contributed by atoms with Gasteiger partial charge in [-0.25, -0.2) is 0 Å². The molecule has 0 saturated heterocycles. The van der Waals surface area contributed by atoms with E-state index in [0.29, 0.717) is 11.3 Å². The molecule has 1 aromatic carbocycles. The van der Waals surface area contributed by atoms with Gasteiger partial charge in [0, 0.05) is 12.2 Å². The summed E-state index contributed by atoms with van der Waals surface area (Å²) < 4.78 is 37.0. The average Bonchev–Trinajstić information content (AvgIpc) is 2.55. The molecule has 1 atom stereocenters. The summed E-state index contributed by atoms with van der Waals surface area (Å²) in [6.45, 7) is -1.25. The van der Waals surface area contributed by atoms with Gasteiger partial charge in [0.25, 0.3) is 0 Å². The topological polar surface area (TPSA) is 40.5 Å². The van der Waals surface area contributed by atoms with E-state index in [9.17, 15) is 18.0 Å². The van der Waals surface area contributed by atoms with Crippen molar-refractivity contribution < 1.29 is 23.1 Å². The Morgan fingerprint density at radius 3 is 2.65 bits per heavy atom. The van der Waals surface area contributed by atoms with Gasteiger partial charge >= 0.3 is 12.1 Å². The first-order valence-electron chi connectivity index (χ1n) is 5.02. The molecule has 0 spiro atoms. The molecule has 0 amide bonds. The van der Waals surface area contributed by atoms with Gasteiger partial charge in [-0.15, -0.1) is 0 Å². The van der Waals surface area contributed by atoms with Crippen LogP contribution in [0.5, 0.6) is 0 Å². The number of carboxylic acids is 1. The summed E-state index contributed by atoms with van der Waals surface area (Å²) in [7, 11) is 0. The molecule has 1 N–H and O–H groups in total. The summed E-state index contributed by atoms with van der Waals surface area (Å²) in [6, 6.07) is 6.31. The zero-order valence-electron chi connectivity index (χ0n) is 8.74. The zero-order valence-corrected chi connectivity index (χ0v) is 8.74. The minimum atomic E-state index is -4.33. The fourth-order valence-electron chi connectivity index (χ4n) is 2.06. The lowest BCUT2D eigenvalue weighted by Gasteiger charge is -2.20. The van der Waals surface area contributed by atoms with Crippen LogP contribution >= 0.6 is 0 Å². The number of halogens is 3. The Hall–Kier alpha value is -1.72. The van der Waals surface area contributed by atoms with Gasteiger partial charge in [0.15, 0.2) is 0 Å². The van der Waals surface area contributed by atoms with E-state index < -0.39 is 24.6 Å². The number of fused-ring (bicyclic) bond motifs is 1. The monoisotopic (exact) mass is 245 g/mol. The third-order valence-electron chi connectivity index (χ3n) is 2.72. The van der Waals surface area contributed by atoms with Crippen molar-refractivity contribution in [3.8, 4) is 0 Å². The standard InChI is InChI=1S/C11H10F3NO2/c12-11(13,14)6-15-5-8(10(16)17)7-3-1-2-4-9(7)15/h1-4,8H,5-6H2,(H,16,17). The molecule has 0 saturated carbocycles. The predicted octanol–water partition coefficient (Wildman–Crippen LogP) is 2.24. The van der Waals surface area contributed by atoms with E-state index in [1.54, 1.807) is 18.2 Å². The summed E-state index contributed by atoms with van der Waals surface area (Å²) in [6.07, 6.45) is -4.33. The van der Waals surface area contributed by atoms with Crippen molar-refractivity contribution in [3.05, 3.63) is 29.8 Å². The normalized spacial score (nSPS) is 19.2. The van der Waals surface area contributed by atoms with Gasteiger partial charge in [-0.05, 0) is 11.6 Å². The molecule has 3 nitrogen and oxygen atoms in total. The average molecular weight is 245 g/mol. The Morgan fingerprint density at radius 2 is 2.06 bits per heavy atom. The van der Waals surface area contributed by atoms with Crippen molar-refractivity contribution in [1.82, 2.24) is 0 Å². The summed E-state index contributed by atoms with van der Waals surface area (Å²) >= 11 is 0. The second-order valence-electron chi connectivity index (χ2n) is 3.95. The molecule has 2 rings (SSSR count). The molecule has 0 fully saturated rings. The van der Waals surface area contributed by atoms with E-state index in [0.717, 1.165) is 4.90 Å². The zero-order chi connectivity index (χ0) is 12.6. The predicted molar refractivity (Wildman–Crippen MR) is 55.1 cm³/mol. The van der Waals surface area contributed by atoms with Gasteiger partial charge < -0.3 is 10.0 Å². The number of carbonyl (C=O) groups is 1. The van der Waals surface area contributed by atoms with Crippen molar-refractivity contribution >= 4 is 11.7 Å². The second kappa shape index (κ2) is 3.94. The lowest BCUT2D eigenvalue weighted by Crippen LogP contribution is -2.34. The number of alkyl halides is 3. The van der Waals surface area contributed by atoms with E-state index in [4.69, 9.17) is 5.11 Å². The maximum Gasteiger partial charge on any atom is 0.405 e. The van der Waals surface area contributed by atoms with Crippen molar-refractivity contribution in [2.24, 2.45) is 0 Å². The Kier molecular flexibility index (Phi) is 2.73. The number of nitrogens with zero attached hydrogens (tertiary/aromatic N) is 1. The van der Waals surface area contributed by atoms with E-state index in [1.165, 1.54) is 6.07 Å². The number of anilines is 1. The van der Waals surface area contributed by atoms with Gasteiger partial charge in [-0.3, -0.25) is 4.79 Å². The van der Waals surface area contributed by atoms with Crippen molar-refractivity contribution in [2.45, 2.75) is 12.1 Å². The number of aliphatic carboxylic acids is 1. The molecular formula is C11H10F3NO2. The Balaban J connectivity index is 2.32. The van der Waals surface area contributed by atoms with Gasteiger partial charge in [0.1, 0.15) is 12.5 Å². The Bertz CT molecular complexity index is 445. The highest BCUT2D eigenvalue weighted by Crippen LogP contribution is 2.37. The molecule has 1 aliphatic heterocycles. The van der Waals surface area contributed by atoms with Crippen LogP contribution in [0.2, 0.25) is 0 Å². The molecule has 1 aliphatic rings. The fourth-order valence-corrected chi connectivity index (χ4v) is 2.06. The minimum absolute atomic E-state index is 0.131. The minimum Gasteiger partial charge on any atom is -0.481 e. The molecule has 0 aromatic heterocycles. The first-order valence-corrected chi connectivity index (χ1v) is 5.02. The first-order chi connectivity index (χ1) is 7.88. The second-order valence-corrected chi connectivity index (χ2v) is 3.95. The summed E-state index contributed by atoms with van der Waals surface area (Å²) in [4.78, 5) is 12.0. The number of carboxylic acid groups (broad SMARTS) is 1. The molecule has 0 aliphatic carbocycles. The number of hydrogen-bond donors (Lipinski definition) is 1. The van der Waals surface area contributed by atoms with Crippen LogP contribution < -0.4 is 4.90 Å². The van der Waals surface area contributed by atoms with Crippen molar-refractivity contribution in [3.63, 3.8) is 0 Å². The SMILES string of the molecule is O=C(O)C1CN(CC(F)(F)F)c2ccccc21. The molecule has 1 aromatic rings. The quantitative estimate of drug-likeness (QED) is 0.868. The third kappa shape index (κ3) is 2.35. The third-order valence-corrected chi connectivity index (χ3v) is 2.72. The highest BCUT2D eigenvalue weighted by molar-refractivity contribution is 5.82. The molecule has 1 unspecified atom stereocenters. The van der Waals surface area contributed by atoms with E-state index in [2.05, 4.69) is 0 Å². The van der Waals surface area contributed by atoms with Crippen LogP contribution in [0.25, 0.3) is 0 Å². The number of rotatable bonds is 2. The molecule has 0 radical (unpaired) electrons. The van der Waals surface area contributed by atoms with E-state index in [1.807, 2.05) is 0 Å². The lowest BCUT2D eigenvalue weighted by molar-refractivity contribution is -0.139. The number of benzene rings is 1.